The second-order valence-electron chi connectivity index (χ2n) is 2.69. The molecule has 12 heavy (non-hydrogen) atoms. The second-order valence-corrected chi connectivity index (χ2v) is 3.80. The number of aryl methyl sites for hydroxylation is 1. The molecule has 0 fully saturated rings. The minimum Gasteiger partial charge on any atom is -0.264 e. The maximum absolute atomic E-state index is 4.07. The molecule has 0 spiro atoms. The van der Waals surface area contributed by atoms with Crippen LogP contribution in [-0.2, 0) is 0 Å². The molecule has 2 rings (SSSR count). The van der Waals surface area contributed by atoms with Crippen molar-refractivity contribution < 1.29 is 0 Å². The molecule has 0 unspecified atom stereocenters. The van der Waals surface area contributed by atoms with Gasteiger partial charge < -0.3 is 0 Å². The van der Waals surface area contributed by atoms with E-state index in [0.29, 0.717) is 0 Å². The van der Waals surface area contributed by atoms with Gasteiger partial charge in [-0.3, -0.25) is 4.98 Å². The summed E-state index contributed by atoms with van der Waals surface area (Å²) in [5.41, 5.74) is 2.47. The fourth-order valence-corrected chi connectivity index (χ4v) is 1.84. The van der Waals surface area contributed by atoms with E-state index < -0.39 is 0 Å². The van der Waals surface area contributed by atoms with Crippen LogP contribution in [0.4, 0.5) is 0 Å². The highest BCUT2D eigenvalue weighted by Gasteiger charge is 1.97. The summed E-state index contributed by atoms with van der Waals surface area (Å²) < 4.78 is 0. The van der Waals surface area contributed by atoms with E-state index in [4.69, 9.17) is 0 Å². The number of aromatic nitrogens is 1. The Morgan fingerprint density at radius 2 is 2.25 bits per heavy atom. The van der Waals surface area contributed by atoms with Crippen LogP contribution in [0.2, 0.25) is 0 Å². The molecule has 60 valence electrons. The lowest BCUT2D eigenvalue weighted by molar-refractivity contribution is 1.33. The van der Waals surface area contributed by atoms with Gasteiger partial charge >= 0.3 is 0 Å². The Morgan fingerprint density at radius 1 is 1.33 bits per heavy atom. The van der Waals surface area contributed by atoms with Gasteiger partial charge in [0.1, 0.15) is 0 Å². The van der Waals surface area contributed by atoms with Gasteiger partial charge in [-0.25, -0.2) is 0 Å². The van der Waals surface area contributed by atoms with E-state index in [-0.39, 0.29) is 0 Å². The summed E-state index contributed by atoms with van der Waals surface area (Å²) in [5, 5.41) is 2.16. The molecule has 1 nitrogen and oxygen atoms in total. The van der Waals surface area contributed by atoms with E-state index in [1.54, 1.807) is 17.5 Å². The Hall–Kier alpha value is -1.15. The first-order valence-corrected chi connectivity index (χ1v) is 4.70. The number of pyridine rings is 1. The number of rotatable bonds is 1. The predicted octanol–water partition coefficient (Wildman–Crippen LogP) is 3.12. The highest BCUT2D eigenvalue weighted by molar-refractivity contribution is 7.10. The van der Waals surface area contributed by atoms with Gasteiger partial charge in [-0.15, -0.1) is 11.3 Å². The Balaban J connectivity index is 2.45. The third-order valence-electron chi connectivity index (χ3n) is 1.73. The number of nitrogens with zero attached hydrogens (tertiary/aromatic N) is 1. The topological polar surface area (TPSA) is 12.9 Å². The van der Waals surface area contributed by atoms with E-state index in [1.165, 1.54) is 16.0 Å². The molecule has 0 saturated carbocycles. The predicted molar refractivity (Wildman–Crippen MR) is 52.3 cm³/mol. The van der Waals surface area contributed by atoms with E-state index in [1.807, 2.05) is 12.3 Å². The maximum atomic E-state index is 4.07. The van der Waals surface area contributed by atoms with Gasteiger partial charge in [0.2, 0.25) is 0 Å². The molecule has 2 aromatic rings. The van der Waals surface area contributed by atoms with Crippen LogP contribution < -0.4 is 0 Å². The fourth-order valence-electron chi connectivity index (χ4n) is 1.13. The van der Waals surface area contributed by atoms with Gasteiger partial charge in [-0.2, -0.15) is 0 Å². The van der Waals surface area contributed by atoms with Crippen LogP contribution in [0.1, 0.15) is 4.88 Å². The first kappa shape index (κ1) is 7.50. The molecule has 0 aliphatic heterocycles. The zero-order valence-corrected chi connectivity index (χ0v) is 7.64. The molecule has 2 heteroatoms. The van der Waals surface area contributed by atoms with Crippen molar-refractivity contribution >= 4 is 11.3 Å². The van der Waals surface area contributed by atoms with Crippen molar-refractivity contribution in [2.24, 2.45) is 0 Å². The summed E-state index contributed by atoms with van der Waals surface area (Å²) in [5.74, 6) is 0. The Labute approximate surface area is 75.7 Å². The fraction of sp³-hybridized carbons (Fsp3) is 0.100. The van der Waals surface area contributed by atoms with Gasteiger partial charge in [-0.1, -0.05) is 6.07 Å². The third kappa shape index (κ3) is 1.38. The van der Waals surface area contributed by atoms with Crippen molar-refractivity contribution in [1.29, 1.82) is 0 Å². The summed E-state index contributed by atoms with van der Waals surface area (Å²) in [6.07, 6.45) is 3.68. The highest BCUT2D eigenvalue weighted by atomic mass is 32.1. The van der Waals surface area contributed by atoms with Crippen molar-refractivity contribution in [3.05, 3.63) is 40.8 Å². The summed E-state index contributed by atoms with van der Waals surface area (Å²) in [7, 11) is 0. The van der Waals surface area contributed by atoms with Crippen molar-refractivity contribution in [1.82, 2.24) is 4.98 Å². The molecule has 2 aromatic heterocycles. The van der Waals surface area contributed by atoms with Crippen LogP contribution >= 0.6 is 11.3 Å². The van der Waals surface area contributed by atoms with Crippen LogP contribution in [0.5, 0.6) is 0 Å². The largest absolute Gasteiger partial charge is 0.264 e. The van der Waals surface area contributed by atoms with E-state index in [9.17, 15) is 0 Å². The monoisotopic (exact) mass is 175 g/mol. The van der Waals surface area contributed by atoms with E-state index in [2.05, 4.69) is 29.4 Å². The van der Waals surface area contributed by atoms with Crippen LogP contribution in [0.15, 0.2) is 36.0 Å². The van der Waals surface area contributed by atoms with Crippen molar-refractivity contribution in [3.8, 4) is 11.1 Å². The Morgan fingerprint density at radius 3 is 2.83 bits per heavy atom. The molecule has 0 saturated heterocycles. The van der Waals surface area contributed by atoms with Gasteiger partial charge in [0.25, 0.3) is 0 Å². The van der Waals surface area contributed by atoms with Gasteiger partial charge in [0.05, 0.1) is 0 Å². The maximum Gasteiger partial charge on any atom is 0.0346 e. The number of hydrogen-bond acceptors (Lipinski definition) is 2. The zero-order chi connectivity index (χ0) is 8.39. The first-order valence-electron chi connectivity index (χ1n) is 3.82. The second kappa shape index (κ2) is 3.07. The molecule has 0 aliphatic carbocycles. The minimum absolute atomic E-state index is 1.20. The van der Waals surface area contributed by atoms with Crippen LogP contribution in [-0.4, -0.2) is 4.98 Å². The lowest BCUT2D eigenvalue weighted by Crippen LogP contribution is -1.73. The number of thiophene rings is 1. The standard InChI is InChI=1S/C10H9NS/c1-8-5-10(7-12-8)9-3-2-4-11-6-9/h2-7H,1H3. The van der Waals surface area contributed by atoms with Gasteiger partial charge in [0.15, 0.2) is 0 Å². The molecule has 0 N–H and O–H groups in total. The molecular formula is C10H9NS. The Kier molecular flexibility index (Phi) is 1.92. The van der Waals surface area contributed by atoms with Crippen molar-refractivity contribution in [2.45, 2.75) is 6.92 Å². The molecule has 0 atom stereocenters. The summed E-state index contributed by atoms with van der Waals surface area (Å²) in [4.78, 5) is 5.42. The SMILES string of the molecule is Cc1cc(-c2cccnc2)cs1. The molecule has 2 heterocycles. The molecule has 0 aromatic carbocycles. The smallest absolute Gasteiger partial charge is 0.0346 e. The van der Waals surface area contributed by atoms with E-state index in [0.717, 1.165) is 0 Å². The summed E-state index contributed by atoms with van der Waals surface area (Å²) in [6.45, 7) is 2.12. The molecule has 0 bridgehead atoms. The minimum atomic E-state index is 1.20. The number of hydrogen-bond donors (Lipinski definition) is 0. The molecule has 0 amide bonds. The third-order valence-corrected chi connectivity index (χ3v) is 2.59. The lowest BCUT2D eigenvalue weighted by atomic mass is 10.1. The summed E-state index contributed by atoms with van der Waals surface area (Å²) in [6, 6.07) is 6.22. The molecular weight excluding hydrogens is 166 g/mol. The average Bonchev–Trinajstić information content (AvgIpc) is 2.54. The quantitative estimate of drug-likeness (QED) is 0.649. The average molecular weight is 175 g/mol. The molecule has 0 aliphatic rings. The van der Waals surface area contributed by atoms with Crippen molar-refractivity contribution in [3.63, 3.8) is 0 Å². The van der Waals surface area contributed by atoms with Gasteiger partial charge in [-0.05, 0) is 30.0 Å². The zero-order valence-electron chi connectivity index (χ0n) is 6.82. The van der Waals surface area contributed by atoms with Crippen LogP contribution in [0, 0.1) is 6.92 Å². The van der Waals surface area contributed by atoms with Crippen LogP contribution in [0.25, 0.3) is 11.1 Å². The van der Waals surface area contributed by atoms with Crippen molar-refractivity contribution in [2.75, 3.05) is 0 Å². The van der Waals surface area contributed by atoms with Crippen LogP contribution in [0.3, 0.4) is 0 Å². The summed E-state index contributed by atoms with van der Waals surface area (Å²) >= 11 is 1.77. The van der Waals surface area contributed by atoms with Gasteiger partial charge in [0, 0.05) is 22.8 Å². The van der Waals surface area contributed by atoms with E-state index >= 15 is 0 Å². The molecule has 0 radical (unpaired) electrons. The normalized spacial score (nSPS) is 10.1. The first-order chi connectivity index (χ1) is 5.86. The Bertz CT molecular complexity index is 364. The highest BCUT2D eigenvalue weighted by Crippen LogP contribution is 2.23. The lowest BCUT2D eigenvalue weighted by Gasteiger charge is -1.93.